The molecule has 0 bridgehead atoms. The van der Waals surface area contributed by atoms with E-state index in [0.717, 1.165) is 6.42 Å². The van der Waals surface area contributed by atoms with Gasteiger partial charge in [-0.2, -0.15) is 0 Å². The molecule has 0 unspecified atom stereocenters. The second kappa shape index (κ2) is 9.05. The van der Waals surface area contributed by atoms with E-state index in [1.165, 1.54) is 36.0 Å². The first-order chi connectivity index (χ1) is 12.7. The van der Waals surface area contributed by atoms with Crippen LogP contribution in [0.4, 0.5) is 0 Å². The molecule has 1 heteroatoms. The zero-order valence-corrected chi connectivity index (χ0v) is 19.1. The quantitative estimate of drug-likeness (QED) is 0.461. The molecule has 0 amide bonds. The first-order valence-corrected chi connectivity index (χ1v) is 13.6. The molecule has 0 saturated carbocycles. The van der Waals surface area contributed by atoms with Crippen LogP contribution in [-0.2, 0) is 27.7 Å². The summed E-state index contributed by atoms with van der Waals surface area (Å²) < 4.78 is 5.11. The zero-order chi connectivity index (χ0) is 18.5. The first kappa shape index (κ1) is 19.4. The average molecular weight is 422 g/mol. The van der Waals surface area contributed by atoms with Gasteiger partial charge in [-0.15, -0.1) is 0 Å². The summed E-state index contributed by atoms with van der Waals surface area (Å²) in [6, 6.07) is 15.9. The molecular formula is C25H30Zr. The topological polar surface area (TPSA) is 0 Å². The van der Waals surface area contributed by atoms with Crippen molar-refractivity contribution in [2.75, 3.05) is 0 Å². The number of unbranched alkanes of at least 4 members (excludes halogenated alkanes) is 1. The van der Waals surface area contributed by atoms with Gasteiger partial charge in [0.15, 0.2) is 0 Å². The molecular weight excluding hydrogens is 391 g/mol. The summed E-state index contributed by atoms with van der Waals surface area (Å²) in [5, 5.41) is 0. The van der Waals surface area contributed by atoms with Crippen molar-refractivity contribution in [1.29, 1.82) is 0 Å². The predicted octanol–water partition coefficient (Wildman–Crippen LogP) is 6.36. The van der Waals surface area contributed by atoms with Gasteiger partial charge in [-0.25, -0.2) is 0 Å². The number of benzene rings is 2. The van der Waals surface area contributed by atoms with E-state index in [1.54, 1.807) is 15.3 Å². The molecule has 0 fully saturated rings. The fourth-order valence-corrected chi connectivity index (χ4v) is 10.9. The van der Waals surface area contributed by atoms with E-state index in [2.05, 4.69) is 88.4 Å². The minimum atomic E-state index is -1.86. The van der Waals surface area contributed by atoms with Gasteiger partial charge in [0.05, 0.1) is 0 Å². The van der Waals surface area contributed by atoms with Crippen LogP contribution in [0, 0.1) is 0 Å². The Kier molecular flexibility index (Phi) is 6.76. The standard InChI is InChI=1S/C13H9.C5H5.C4H10.C3H6.Zr/c1-3-7-12-10(5-1)9-11-6-2-4-8-13(11)12;1-2-4-5-3-1;1-3-4-2;1-3-2;/h1-5,7-8H,9H2;1-3H,4H2;3-4H2,1-2H3;1-2H3;. The van der Waals surface area contributed by atoms with Gasteiger partial charge in [-0.1, -0.05) is 26.7 Å². The third-order valence-corrected chi connectivity index (χ3v) is 12.6. The Morgan fingerprint density at radius 2 is 1.65 bits per heavy atom. The van der Waals surface area contributed by atoms with Gasteiger partial charge in [0, 0.05) is 0 Å². The molecule has 0 atom stereocenters. The van der Waals surface area contributed by atoms with Crippen LogP contribution in [0.2, 0.25) is 0 Å². The molecule has 4 rings (SSSR count). The van der Waals surface area contributed by atoms with E-state index in [0.29, 0.717) is 0 Å². The molecule has 0 nitrogen and oxygen atoms in total. The fraction of sp³-hybridized carbons (Fsp3) is 0.320. The van der Waals surface area contributed by atoms with Crippen LogP contribution in [0.15, 0.2) is 64.0 Å². The van der Waals surface area contributed by atoms with Crippen molar-refractivity contribution >= 4 is 6.48 Å². The van der Waals surface area contributed by atoms with Crippen LogP contribution >= 0.6 is 0 Å². The van der Waals surface area contributed by atoms with Gasteiger partial charge in [0.25, 0.3) is 0 Å². The van der Waals surface area contributed by atoms with Crippen molar-refractivity contribution in [3.05, 3.63) is 75.1 Å². The van der Waals surface area contributed by atoms with E-state index in [1.807, 2.05) is 0 Å². The molecule has 0 heterocycles. The minimum absolute atomic E-state index is 1.12. The Balaban J connectivity index is 0.000000447. The molecule has 0 aromatic heterocycles. The van der Waals surface area contributed by atoms with Crippen molar-refractivity contribution < 1.29 is 21.3 Å². The van der Waals surface area contributed by atoms with E-state index in [9.17, 15) is 0 Å². The van der Waals surface area contributed by atoms with Crippen LogP contribution < -0.4 is 3.27 Å². The van der Waals surface area contributed by atoms with Crippen LogP contribution in [0.1, 0.15) is 58.1 Å². The van der Waals surface area contributed by atoms with Gasteiger partial charge in [0.2, 0.25) is 0 Å². The number of rotatable bonds is 3. The number of hydrogen-bond acceptors (Lipinski definition) is 0. The van der Waals surface area contributed by atoms with Gasteiger partial charge in [-0.3, -0.25) is 0 Å². The van der Waals surface area contributed by atoms with Crippen LogP contribution in [0.3, 0.4) is 0 Å². The molecule has 26 heavy (non-hydrogen) atoms. The maximum atomic E-state index is 2.42. The normalized spacial score (nSPS) is 13.5. The fourth-order valence-electron chi connectivity index (χ4n) is 3.79. The van der Waals surface area contributed by atoms with Crippen LogP contribution in [0.25, 0.3) is 11.1 Å². The Morgan fingerprint density at radius 3 is 2.31 bits per heavy atom. The molecule has 0 aliphatic heterocycles. The molecule has 2 aromatic carbocycles. The number of allylic oxidation sites excluding steroid dienone is 4. The Hall–Kier alpha value is -1.33. The number of fused-ring (bicyclic) bond motifs is 3. The molecule has 0 spiro atoms. The van der Waals surface area contributed by atoms with Crippen molar-refractivity contribution in [2.24, 2.45) is 0 Å². The van der Waals surface area contributed by atoms with Gasteiger partial charge < -0.3 is 0 Å². The maximum absolute atomic E-state index is 2.42. The van der Waals surface area contributed by atoms with Crippen molar-refractivity contribution in [1.82, 2.24) is 0 Å². The molecule has 0 saturated heterocycles. The van der Waals surface area contributed by atoms with E-state index in [4.69, 9.17) is 0 Å². The molecule has 134 valence electrons. The third-order valence-electron chi connectivity index (χ3n) is 5.21. The Bertz CT molecular complexity index is 875. The summed E-state index contributed by atoms with van der Waals surface area (Å²) in [5.74, 6) is 0. The summed E-state index contributed by atoms with van der Waals surface area (Å²) in [6.45, 7) is 9.07. The summed E-state index contributed by atoms with van der Waals surface area (Å²) >= 11 is -1.86. The van der Waals surface area contributed by atoms with Crippen LogP contribution in [-0.4, -0.2) is 3.21 Å². The van der Waals surface area contributed by atoms with E-state index < -0.39 is 21.3 Å². The van der Waals surface area contributed by atoms with E-state index in [-0.39, 0.29) is 0 Å². The van der Waals surface area contributed by atoms with Crippen molar-refractivity contribution in [2.45, 2.75) is 53.4 Å². The van der Waals surface area contributed by atoms with Crippen molar-refractivity contribution in [3.63, 3.8) is 0 Å². The molecule has 2 aliphatic carbocycles. The average Bonchev–Trinajstić information content (AvgIpc) is 3.30. The monoisotopic (exact) mass is 420 g/mol. The first-order valence-electron chi connectivity index (χ1n) is 9.91. The molecule has 2 aromatic rings. The zero-order valence-electron chi connectivity index (χ0n) is 16.6. The second-order valence-corrected chi connectivity index (χ2v) is 14.6. The van der Waals surface area contributed by atoms with Gasteiger partial charge in [-0.05, 0) is 0 Å². The predicted molar refractivity (Wildman–Crippen MR) is 113 cm³/mol. The second-order valence-electron chi connectivity index (χ2n) is 7.36. The molecule has 0 radical (unpaired) electrons. The van der Waals surface area contributed by atoms with Crippen molar-refractivity contribution in [3.8, 4) is 11.1 Å². The summed E-state index contributed by atoms with van der Waals surface area (Å²) in [7, 11) is 0. The Morgan fingerprint density at radius 1 is 0.923 bits per heavy atom. The van der Waals surface area contributed by atoms with Gasteiger partial charge >= 0.3 is 141 Å². The van der Waals surface area contributed by atoms with E-state index >= 15 is 0 Å². The summed E-state index contributed by atoms with van der Waals surface area (Å²) in [4.78, 5) is 0. The van der Waals surface area contributed by atoms with Gasteiger partial charge in [0.1, 0.15) is 0 Å². The Labute approximate surface area is 166 Å². The molecule has 0 N–H and O–H groups in total. The molecule has 2 aliphatic rings. The number of hydrogen-bond donors (Lipinski definition) is 0. The summed E-state index contributed by atoms with van der Waals surface area (Å²) in [5.41, 5.74) is 6.06. The van der Waals surface area contributed by atoms with Crippen LogP contribution in [0.5, 0.6) is 0 Å². The summed E-state index contributed by atoms with van der Waals surface area (Å²) in [6.07, 6.45) is 11.9. The SMILES string of the molecule is CCCC.C[C](C)=[Zr]([C]1=CC=CC1)[c]1cccc2c1Cc1ccccc1-2. The third kappa shape index (κ3) is 3.99.